The van der Waals surface area contributed by atoms with Gasteiger partial charge in [0.05, 0.1) is 22.8 Å². The van der Waals surface area contributed by atoms with Crippen LogP contribution in [-0.4, -0.2) is 78.2 Å². The van der Waals surface area contributed by atoms with Gasteiger partial charge in [0, 0.05) is 50.2 Å². The summed E-state index contributed by atoms with van der Waals surface area (Å²) in [5, 5.41) is 3.56. The van der Waals surface area contributed by atoms with Crippen LogP contribution in [0.5, 0.6) is 0 Å². The number of nitrogens with one attached hydrogen (secondary N) is 1. The van der Waals surface area contributed by atoms with E-state index < -0.39 is 23.5 Å². The van der Waals surface area contributed by atoms with E-state index >= 15 is 0 Å². The lowest BCUT2D eigenvalue weighted by atomic mass is 9.96. The van der Waals surface area contributed by atoms with Crippen LogP contribution < -0.4 is 5.32 Å². The van der Waals surface area contributed by atoms with Gasteiger partial charge in [0.15, 0.2) is 0 Å². The average Bonchev–Trinajstić information content (AvgIpc) is 3.57. The van der Waals surface area contributed by atoms with Crippen LogP contribution in [0.15, 0.2) is 42.5 Å². The van der Waals surface area contributed by atoms with Crippen molar-refractivity contribution in [3.8, 4) is 0 Å². The Morgan fingerprint density at radius 3 is 2.37 bits per heavy atom. The standard InChI is InChI=1S/C27H28Cl2FN3O5/c28-21-8-5-18(14-22(21)29)25(35)32-11-9-27(10-12-32)33(26(36)17-3-6-19(30)7-4-17)23(16-38-27)24(34)31-15-20-2-1-13-37-20/h3-8,14,20,23H,1-2,9-13,15-16H2,(H,31,34)/t20-,23-/m1/s1. The molecule has 3 heterocycles. The highest BCUT2D eigenvalue weighted by atomic mass is 35.5. The highest BCUT2D eigenvalue weighted by molar-refractivity contribution is 6.42. The van der Waals surface area contributed by atoms with Crippen LogP contribution in [0.3, 0.4) is 0 Å². The first-order valence-corrected chi connectivity index (χ1v) is 13.4. The van der Waals surface area contributed by atoms with Crippen molar-refractivity contribution in [2.45, 2.75) is 43.6 Å². The number of nitrogens with zero attached hydrogens (tertiary/aromatic N) is 2. The maximum Gasteiger partial charge on any atom is 0.256 e. The molecule has 202 valence electrons. The van der Waals surface area contributed by atoms with E-state index in [1.807, 2.05) is 0 Å². The summed E-state index contributed by atoms with van der Waals surface area (Å²) in [7, 11) is 0. The maximum absolute atomic E-state index is 13.7. The Morgan fingerprint density at radius 1 is 1.00 bits per heavy atom. The minimum atomic E-state index is -1.08. The molecule has 2 aromatic carbocycles. The molecule has 5 rings (SSSR count). The van der Waals surface area contributed by atoms with E-state index in [1.165, 1.54) is 35.2 Å². The molecular weight excluding hydrogens is 536 g/mol. The van der Waals surface area contributed by atoms with Gasteiger partial charge in [0.25, 0.3) is 11.8 Å². The fourth-order valence-corrected chi connectivity index (χ4v) is 5.61. The summed E-state index contributed by atoms with van der Waals surface area (Å²) >= 11 is 12.1. The number of benzene rings is 2. The lowest BCUT2D eigenvalue weighted by molar-refractivity contribution is -0.128. The van der Waals surface area contributed by atoms with Gasteiger partial charge in [-0.15, -0.1) is 0 Å². The zero-order chi connectivity index (χ0) is 26.9. The number of carbonyl (C=O) groups excluding carboxylic acids is 3. The van der Waals surface area contributed by atoms with Gasteiger partial charge in [0.2, 0.25) is 5.91 Å². The summed E-state index contributed by atoms with van der Waals surface area (Å²) in [6.45, 7) is 1.65. The number of carbonyl (C=O) groups is 3. The molecule has 0 unspecified atom stereocenters. The van der Waals surface area contributed by atoms with E-state index in [-0.39, 0.29) is 35.1 Å². The SMILES string of the molecule is O=C(NC[C@H]1CCCO1)[C@H]1COC2(CCN(C(=O)c3ccc(Cl)c(Cl)c3)CC2)N1C(=O)c1ccc(F)cc1. The first-order chi connectivity index (χ1) is 18.3. The predicted octanol–water partition coefficient (Wildman–Crippen LogP) is 3.90. The molecule has 3 fully saturated rings. The average molecular weight is 564 g/mol. The van der Waals surface area contributed by atoms with Gasteiger partial charge in [-0.25, -0.2) is 4.39 Å². The van der Waals surface area contributed by atoms with Crippen molar-refractivity contribution < 1.29 is 28.2 Å². The van der Waals surface area contributed by atoms with Gasteiger partial charge in [-0.2, -0.15) is 0 Å². The fraction of sp³-hybridized carbons (Fsp3) is 0.444. The van der Waals surface area contributed by atoms with Gasteiger partial charge in [-0.3, -0.25) is 19.3 Å². The van der Waals surface area contributed by atoms with Crippen LogP contribution >= 0.6 is 23.2 Å². The van der Waals surface area contributed by atoms with E-state index in [2.05, 4.69) is 5.32 Å². The molecule has 1 N–H and O–H groups in total. The number of hydrogen-bond acceptors (Lipinski definition) is 5. The Balaban J connectivity index is 1.34. The van der Waals surface area contributed by atoms with Crippen molar-refractivity contribution >= 4 is 40.9 Å². The monoisotopic (exact) mass is 563 g/mol. The second-order valence-corrected chi connectivity index (χ2v) is 10.6. The van der Waals surface area contributed by atoms with Crippen LogP contribution in [-0.2, 0) is 14.3 Å². The van der Waals surface area contributed by atoms with Crippen molar-refractivity contribution in [3.05, 3.63) is 69.5 Å². The minimum absolute atomic E-state index is 0.0189. The fourth-order valence-electron chi connectivity index (χ4n) is 5.31. The zero-order valence-electron chi connectivity index (χ0n) is 20.6. The molecule has 38 heavy (non-hydrogen) atoms. The van der Waals surface area contributed by atoms with Crippen LogP contribution in [0.25, 0.3) is 0 Å². The number of rotatable bonds is 5. The first-order valence-electron chi connectivity index (χ1n) is 12.6. The molecular formula is C27H28Cl2FN3O5. The second kappa shape index (κ2) is 11.2. The topological polar surface area (TPSA) is 88.2 Å². The molecule has 8 nitrogen and oxygen atoms in total. The predicted molar refractivity (Wildman–Crippen MR) is 139 cm³/mol. The third-order valence-electron chi connectivity index (χ3n) is 7.40. The van der Waals surface area contributed by atoms with Crippen LogP contribution in [0, 0.1) is 5.82 Å². The largest absolute Gasteiger partial charge is 0.376 e. The quantitative estimate of drug-likeness (QED) is 0.596. The van der Waals surface area contributed by atoms with Gasteiger partial charge in [-0.05, 0) is 55.3 Å². The van der Waals surface area contributed by atoms with E-state index in [1.54, 1.807) is 17.0 Å². The van der Waals surface area contributed by atoms with Crippen molar-refractivity contribution in [1.29, 1.82) is 0 Å². The summed E-state index contributed by atoms with van der Waals surface area (Å²) in [6.07, 6.45) is 2.38. The summed E-state index contributed by atoms with van der Waals surface area (Å²) < 4.78 is 25.4. The summed E-state index contributed by atoms with van der Waals surface area (Å²) in [5.74, 6) is -1.43. The molecule has 0 aromatic heterocycles. The molecule has 0 radical (unpaired) electrons. The molecule has 3 saturated heterocycles. The molecule has 0 saturated carbocycles. The Labute approximate surface area is 229 Å². The molecule has 3 aliphatic heterocycles. The molecule has 0 bridgehead atoms. The van der Waals surface area contributed by atoms with Crippen molar-refractivity contribution in [1.82, 2.24) is 15.1 Å². The second-order valence-electron chi connectivity index (χ2n) is 9.76. The van der Waals surface area contributed by atoms with E-state index in [9.17, 15) is 18.8 Å². The Bertz CT molecular complexity index is 1210. The van der Waals surface area contributed by atoms with E-state index in [0.29, 0.717) is 49.7 Å². The van der Waals surface area contributed by atoms with Crippen molar-refractivity contribution in [2.75, 3.05) is 32.8 Å². The molecule has 2 atom stereocenters. The van der Waals surface area contributed by atoms with Gasteiger partial charge < -0.3 is 19.7 Å². The van der Waals surface area contributed by atoms with Gasteiger partial charge in [0.1, 0.15) is 17.6 Å². The molecule has 1 spiro atoms. The molecule has 3 aliphatic rings. The minimum Gasteiger partial charge on any atom is -0.376 e. The highest BCUT2D eigenvalue weighted by Gasteiger charge is 2.54. The van der Waals surface area contributed by atoms with Crippen LogP contribution in [0.1, 0.15) is 46.4 Å². The number of piperidine rings is 1. The normalized spacial score (nSPS) is 22.6. The van der Waals surface area contributed by atoms with Crippen molar-refractivity contribution in [2.24, 2.45) is 0 Å². The van der Waals surface area contributed by atoms with E-state index in [0.717, 1.165) is 12.8 Å². The number of likely N-dealkylation sites (tertiary alicyclic amines) is 1. The molecule has 11 heteroatoms. The van der Waals surface area contributed by atoms with Crippen LogP contribution in [0.4, 0.5) is 4.39 Å². The summed E-state index contributed by atoms with van der Waals surface area (Å²) in [4.78, 5) is 43.2. The molecule has 3 amide bonds. The summed E-state index contributed by atoms with van der Waals surface area (Å²) in [6, 6.07) is 9.07. The van der Waals surface area contributed by atoms with Crippen molar-refractivity contribution in [3.63, 3.8) is 0 Å². The first kappa shape index (κ1) is 26.9. The van der Waals surface area contributed by atoms with Crippen LogP contribution in [0.2, 0.25) is 10.0 Å². The molecule has 0 aliphatic carbocycles. The van der Waals surface area contributed by atoms with E-state index in [4.69, 9.17) is 32.7 Å². The third kappa shape index (κ3) is 5.38. The Morgan fingerprint density at radius 2 is 1.71 bits per heavy atom. The van der Waals surface area contributed by atoms with Gasteiger partial charge >= 0.3 is 0 Å². The smallest absolute Gasteiger partial charge is 0.256 e. The summed E-state index contributed by atoms with van der Waals surface area (Å²) in [5.41, 5.74) is -0.415. The lowest BCUT2D eigenvalue weighted by Crippen LogP contribution is -2.60. The Kier molecular flexibility index (Phi) is 7.90. The number of halogens is 3. The van der Waals surface area contributed by atoms with Gasteiger partial charge in [-0.1, -0.05) is 23.2 Å². The number of ether oxygens (including phenoxy) is 2. The lowest BCUT2D eigenvalue weighted by Gasteiger charge is -2.44. The number of amides is 3. The highest BCUT2D eigenvalue weighted by Crippen LogP contribution is 2.39. The maximum atomic E-state index is 13.7. The molecule has 2 aromatic rings. The third-order valence-corrected chi connectivity index (χ3v) is 8.14. The Hall–Kier alpha value is -2.72. The number of hydrogen-bond donors (Lipinski definition) is 1. The zero-order valence-corrected chi connectivity index (χ0v) is 22.1.